The molecule has 1 aromatic carbocycles. The first kappa shape index (κ1) is 13.2. The molecule has 1 N–H and O–H groups in total. The van der Waals surface area contributed by atoms with Gasteiger partial charge in [-0.25, -0.2) is 0 Å². The van der Waals surface area contributed by atoms with E-state index in [1.165, 1.54) is 12.8 Å². The van der Waals surface area contributed by atoms with E-state index in [2.05, 4.69) is 6.92 Å². The number of hydrogen-bond acceptors (Lipinski definition) is 3. The Hall–Kier alpha value is -1.22. The Labute approximate surface area is 109 Å². The first-order valence-corrected chi connectivity index (χ1v) is 6.68. The zero-order chi connectivity index (χ0) is 13.0. The second-order valence-electron chi connectivity index (χ2n) is 5.12. The minimum absolute atomic E-state index is 0.0190. The van der Waals surface area contributed by atoms with Crippen LogP contribution >= 0.6 is 0 Å². The summed E-state index contributed by atoms with van der Waals surface area (Å²) in [5, 5.41) is 9.38. The molecule has 2 unspecified atom stereocenters. The number of benzene rings is 1. The Kier molecular flexibility index (Phi) is 4.48. The van der Waals surface area contributed by atoms with E-state index in [0.717, 1.165) is 24.3 Å². The van der Waals surface area contributed by atoms with Crippen LogP contribution in [0.3, 0.4) is 0 Å². The molecule has 0 saturated heterocycles. The number of aliphatic hydroxyl groups is 1. The number of ether oxygens (including phenoxy) is 2. The topological polar surface area (TPSA) is 38.7 Å². The minimum atomic E-state index is -0.0190. The Balaban J connectivity index is 2.16. The maximum absolute atomic E-state index is 9.38. The van der Waals surface area contributed by atoms with Crippen LogP contribution in [0.1, 0.15) is 38.2 Å². The molecule has 0 bridgehead atoms. The van der Waals surface area contributed by atoms with Crippen molar-refractivity contribution in [1.82, 2.24) is 0 Å². The molecule has 3 nitrogen and oxygen atoms in total. The number of rotatable bonds is 4. The van der Waals surface area contributed by atoms with Gasteiger partial charge in [0.2, 0.25) is 0 Å². The van der Waals surface area contributed by atoms with Crippen LogP contribution in [0, 0.1) is 5.92 Å². The van der Waals surface area contributed by atoms with Crippen molar-refractivity contribution in [3.05, 3.63) is 23.8 Å². The van der Waals surface area contributed by atoms with Gasteiger partial charge in [-0.2, -0.15) is 0 Å². The molecule has 1 saturated carbocycles. The van der Waals surface area contributed by atoms with Crippen molar-refractivity contribution in [3.63, 3.8) is 0 Å². The highest BCUT2D eigenvalue weighted by molar-refractivity contribution is 5.46. The highest BCUT2D eigenvalue weighted by Gasteiger charge is 2.22. The fraction of sp³-hybridized carbons (Fsp3) is 0.600. The molecular formula is C15H22O3. The summed E-state index contributed by atoms with van der Waals surface area (Å²) >= 11 is 0. The van der Waals surface area contributed by atoms with E-state index in [1.54, 1.807) is 7.11 Å². The predicted octanol–water partition coefficient (Wildman–Crippen LogP) is 3.15. The molecule has 0 heterocycles. The van der Waals surface area contributed by atoms with E-state index in [1.807, 2.05) is 18.2 Å². The van der Waals surface area contributed by atoms with Crippen LogP contribution in [-0.2, 0) is 6.61 Å². The van der Waals surface area contributed by atoms with Gasteiger partial charge in [-0.05, 0) is 31.2 Å². The lowest BCUT2D eigenvalue weighted by Crippen LogP contribution is -2.24. The van der Waals surface area contributed by atoms with Crippen LogP contribution in [0.5, 0.6) is 11.5 Å². The Morgan fingerprint density at radius 1 is 1.33 bits per heavy atom. The van der Waals surface area contributed by atoms with Gasteiger partial charge in [0.25, 0.3) is 0 Å². The molecular weight excluding hydrogens is 228 g/mol. The Morgan fingerprint density at radius 2 is 2.17 bits per heavy atom. The summed E-state index contributed by atoms with van der Waals surface area (Å²) in [7, 11) is 1.63. The van der Waals surface area contributed by atoms with Crippen molar-refractivity contribution in [2.24, 2.45) is 5.92 Å². The fourth-order valence-electron chi connectivity index (χ4n) is 2.63. The number of aliphatic hydroxyl groups excluding tert-OH is 1. The smallest absolute Gasteiger partial charge is 0.167 e. The van der Waals surface area contributed by atoms with Gasteiger partial charge in [0.05, 0.1) is 19.8 Å². The molecule has 2 atom stereocenters. The van der Waals surface area contributed by atoms with Crippen molar-refractivity contribution in [2.75, 3.05) is 7.11 Å². The molecule has 18 heavy (non-hydrogen) atoms. The molecule has 0 radical (unpaired) electrons. The van der Waals surface area contributed by atoms with Crippen LogP contribution in [0.4, 0.5) is 0 Å². The monoisotopic (exact) mass is 250 g/mol. The molecule has 0 amide bonds. The SMILES string of the molecule is COc1cccc(CO)c1OC1CCCC(C)C1. The summed E-state index contributed by atoms with van der Waals surface area (Å²) in [6.45, 7) is 2.25. The molecule has 0 spiro atoms. The summed E-state index contributed by atoms with van der Waals surface area (Å²) < 4.78 is 11.4. The summed E-state index contributed by atoms with van der Waals surface area (Å²) in [5.74, 6) is 2.14. The van der Waals surface area contributed by atoms with Gasteiger partial charge in [-0.15, -0.1) is 0 Å². The zero-order valence-electron chi connectivity index (χ0n) is 11.2. The third kappa shape index (κ3) is 2.96. The fourth-order valence-corrected chi connectivity index (χ4v) is 2.63. The van der Waals surface area contributed by atoms with E-state index in [4.69, 9.17) is 9.47 Å². The van der Waals surface area contributed by atoms with Crippen LogP contribution < -0.4 is 9.47 Å². The lowest BCUT2D eigenvalue weighted by atomic mass is 9.88. The van der Waals surface area contributed by atoms with Crippen molar-refractivity contribution >= 4 is 0 Å². The molecule has 1 aliphatic carbocycles. The normalized spacial score (nSPS) is 23.7. The molecule has 3 heteroatoms. The van der Waals surface area contributed by atoms with Gasteiger partial charge in [-0.1, -0.05) is 25.5 Å². The van der Waals surface area contributed by atoms with Crippen molar-refractivity contribution in [1.29, 1.82) is 0 Å². The predicted molar refractivity (Wildman–Crippen MR) is 71.0 cm³/mol. The average Bonchev–Trinajstić information content (AvgIpc) is 2.39. The molecule has 1 fully saturated rings. The maximum atomic E-state index is 9.38. The van der Waals surface area contributed by atoms with Gasteiger partial charge in [0.15, 0.2) is 11.5 Å². The molecule has 1 aromatic rings. The van der Waals surface area contributed by atoms with Crippen LogP contribution in [-0.4, -0.2) is 18.3 Å². The summed E-state index contributed by atoms with van der Waals surface area (Å²) in [4.78, 5) is 0. The van der Waals surface area contributed by atoms with Gasteiger partial charge in [0, 0.05) is 5.56 Å². The Morgan fingerprint density at radius 3 is 2.83 bits per heavy atom. The van der Waals surface area contributed by atoms with Crippen molar-refractivity contribution < 1.29 is 14.6 Å². The van der Waals surface area contributed by atoms with E-state index in [-0.39, 0.29) is 12.7 Å². The van der Waals surface area contributed by atoms with E-state index < -0.39 is 0 Å². The molecule has 1 aliphatic rings. The van der Waals surface area contributed by atoms with Crippen molar-refractivity contribution in [3.8, 4) is 11.5 Å². The van der Waals surface area contributed by atoms with E-state index >= 15 is 0 Å². The van der Waals surface area contributed by atoms with Crippen molar-refractivity contribution in [2.45, 2.75) is 45.3 Å². The standard InChI is InChI=1S/C15H22O3/c1-11-5-3-7-13(9-11)18-15-12(10-16)6-4-8-14(15)17-2/h4,6,8,11,13,16H,3,5,7,9-10H2,1-2H3. The van der Waals surface area contributed by atoms with Crippen LogP contribution in [0.25, 0.3) is 0 Å². The summed E-state index contributed by atoms with van der Waals surface area (Å²) in [6, 6.07) is 5.63. The number of methoxy groups -OCH3 is 1. The molecule has 2 rings (SSSR count). The lowest BCUT2D eigenvalue weighted by Gasteiger charge is -2.28. The largest absolute Gasteiger partial charge is 0.493 e. The minimum Gasteiger partial charge on any atom is -0.493 e. The second-order valence-corrected chi connectivity index (χ2v) is 5.12. The summed E-state index contributed by atoms with van der Waals surface area (Å²) in [5.41, 5.74) is 0.799. The van der Waals surface area contributed by atoms with Gasteiger partial charge >= 0.3 is 0 Å². The van der Waals surface area contributed by atoms with Crippen LogP contribution in [0.2, 0.25) is 0 Å². The highest BCUT2D eigenvalue weighted by atomic mass is 16.5. The first-order chi connectivity index (χ1) is 8.74. The van der Waals surface area contributed by atoms with E-state index in [9.17, 15) is 5.11 Å². The van der Waals surface area contributed by atoms with Gasteiger partial charge in [0.1, 0.15) is 0 Å². The van der Waals surface area contributed by atoms with Crippen LogP contribution in [0.15, 0.2) is 18.2 Å². The maximum Gasteiger partial charge on any atom is 0.167 e. The molecule has 0 aliphatic heterocycles. The Bertz CT molecular complexity index is 367. The van der Waals surface area contributed by atoms with E-state index in [0.29, 0.717) is 11.5 Å². The van der Waals surface area contributed by atoms with Gasteiger partial charge in [-0.3, -0.25) is 0 Å². The molecule has 100 valence electrons. The zero-order valence-corrected chi connectivity index (χ0v) is 11.2. The highest BCUT2D eigenvalue weighted by Crippen LogP contribution is 2.35. The molecule has 0 aromatic heterocycles. The number of para-hydroxylation sites is 1. The third-order valence-corrected chi connectivity index (χ3v) is 3.62. The third-order valence-electron chi connectivity index (χ3n) is 3.62. The first-order valence-electron chi connectivity index (χ1n) is 6.68. The lowest BCUT2D eigenvalue weighted by molar-refractivity contribution is 0.121. The summed E-state index contributed by atoms with van der Waals surface area (Å²) in [6.07, 6.45) is 4.93. The quantitative estimate of drug-likeness (QED) is 0.892. The number of hydrogen-bond donors (Lipinski definition) is 1. The van der Waals surface area contributed by atoms with Gasteiger partial charge < -0.3 is 14.6 Å². The second kappa shape index (κ2) is 6.10. The average molecular weight is 250 g/mol.